The van der Waals surface area contributed by atoms with Crippen LogP contribution in [0.5, 0.6) is 0 Å². The van der Waals surface area contributed by atoms with Crippen molar-refractivity contribution in [2.45, 2.75) is 45.1 Å². The molecule has 1 aromatic carbocycles. The van der Waals surface area contributed by atoms with Crippen LogP contribution in [0.15, 0.2) is 18.2 Å². The van der Waals surface area contributed by atoms with Gasteiger partial charge < -0.3 is 5.32 Å². The van der Waals surface area contributed by atoms with E-state index in [1.807, 2.05) is 18.2 Å². The molecule has 100 valence electrons. The Morgan fingerprint density at radius 3 is 2.50 bits per heavy atom. The minimum Gasteiger partial charge on any atom is -0.314 e. The molecule has 0 amide bonds. The van der Waals surface area contributed by atoms with Crippen LogP contribution in [-0.4, -0.2) is 12.6 Å². The molecule has 0 radical (unpaired) electrons. The second-order valence-electron chi connectivity index (χ2n) is 5.18. The van der Waals surface area contributed by atoms with Gasteiger partial charge >= 0.3 is 0 Å². The summed E-state index contributed by atoms with van der Waals surface area (Å²) in [6, 6.07) is 6.24. The molecule has 3 heteroatoms. The standard InChI is InChI=1S/C15H21Cl2N/c1-2-18-12(9-8-11-6-7-11)10-13-14(16)4-3-5-15(13)17/h3-5,11-12,18H,2,6-10H2,1H3. The zero-order chi connectivity index (χ0) is 13.0. The van der Waals surface area contributed by atoms with Crippen LogP contribution in [0, 0.1) is 5.92 Å². The van der Waals surface area contributed by atoms with Gasteiger partial charge in [0.1, 0.15) is 0 Å². The lowest BCUT2D eigenvalue weighted by atomic mass is 10.00. The van der Waals surface area contributed by atoms with Crippen molar-refractivity contribution in [3.63, 3.8) is 0 Å². The predicted octanol–water partition coefficient (Wildman–Crippen LogP) is 4.70. The van der Waals surface area contributed by atoms with E-state index in [4.69, 9.17) is 23.2 Å². The first kappa shape index (κ1) is 14.2. The SMILES string of the molecule is CCNC(CCC1CC1)Cc1c(Cl)cccc1Cl. The molecule has 1 N–H and O–H groups in total. The van der Waals surface area contributed by atoms with Gasteiger partial charge in [0.2, 0.25) is 0 Å². The minimum atomic E-state index is 0.494. The van der Waals surface area contributed by atoms with Gasteiger partial charge in [-0.05, 0) is 49.4 Å². The number of likely N-dealkylation sites (N-methyl/N-ethyl adjacent to an activating group) is 1. The van der Waals surface area contributed by atoms with Gasteiger partial charge in [-0.15, -0.1) is 0 Å². The molecular weight excluding hydrogens is 265 g/mol. The predicted molar refractivity (Wildman–Crippen MR) is 79.6 cm³/mol. The Bertz CT molecular complexity index is 368. The Hall–Kier alpha value is -0.240. The second-order valence-corrected chi connectivity index (χ2v) is 5.99. The zero-order valence-electron chi connectivity index (χ0n) is 10.9. The van der Waals surface area contributed by atoms with Crippen molar-refractivity contribution in [3.8, 4) is 0 Å². The second kappa shape index (κ2) is 6.79. The van der Waals surface area contributed by atoms with Crippen LogP contribution >= 0.6 is 23.2 Å². The Labute approximate surface area is 120 Å². The van der Waals surface area contributed by atoms with Gasteiger partial charge in [-0.2, -0.15) is 0 Å². The molecule has 1 fully saturated rings. The van der Waals surface area contributed by atoms with Gasteiger partial charge in [0, 0.05) is 16.1 Å². The highest BCUT2D eigenvalue weighted by Gasteiger charge is 2.23. The number of rotatable bonds is 7. The Morgan fingerprint density at radius 2 is 1.94 bits per heavy atom. The number of benzene rings is 1. The maximum Gasteiger partial charge on any atom is 0.0453 e. The lowest BCUT2D eigenvalue weighted by molar-refractivity contribution is 0.462. The van der Waals surface area contributed by atoms with Crippen LogP contribution in [0.4, 0.5) is 0 Å². The monoisotopic (exact) mass is 285 g/mol. The molecule has 0 spiro atoms. The lowest BCUT2D eigenvalue weighted by Crippen LogP contribution is -2.31. The third-order valence-electron chi connectivity index (χ3n) is 3.63. The molecule has 0 bridgehead atoms. The normalized spacial score (nSPS) is 16.8. The highest BCUT2D eigenvalue weighted by Crippen LogP contribution is 2.34. The first-order chi connectivity index (χ1) is 8.70. The van der Waals surface area contributed by atoms with E-state index < -0.39 is 0 Å². The molecule has 1 aromatic rings. The van der Waals surface area contributed by atoms with E-state index in [0.29, 0.717) is 6.04 Å². The fourth-order valence-corrected chi connectivity index (χ4v) is 2.93. The number of hydrogen-bond donors (Lipinski definition) is 1. The molecule has 1 aliphatic carbocycles. The van der Waals surface area contributed by atoms with Crippen molar-refractivity contribution < 1.29 is 0 Å². The molecule has 2 rings (SSSR count). The van der Waals surface area contributed by atoms with Crippen molar-refractivity contribution >= 4 is 23.2 Å². The van der Waals surface area contributed by atoms with Crippen molar-refractivity contribution in [2.24, 2.45) is 5.92 Å². The van der Waals surface area contributed by atoms with Gasteiger partial charge in [-0.1, -0.05) is 49.0 Å². The van der Waals surface area contributed by atoms with Gasteiger partial charge in [0.15, 0.2) is 0 Å². The molecule has 18 heavy (non-hydrogen) atoms. The van der Waals surface area contributed by atoms with Crippen LogP contribution in [0.1, 0.15) is 38.2 Å². The van der Waals surface area contributed by atoms with Gasteiger partial charge in [-0.25, -0.2) is 0 Å². The molecule has 1 saturated carbocycles. The zero-order valence-corrected chi connectivity index (χ0v) is 12.4. The van der Waals surface area contributed by atoms with Crippen LogP contribution in [0.2, 0.25) is 10.0 Å². The molecular formula is C15H21Cl2N. The van der Waals surface area contributed by atoms with E-state index in [9.17, 15) is 0 Å². The summed E-state index contributed by atoms with van der Waals surface area (Å²) in [6.07, 6.45) is 6.33. The lowest BCUT2D eigenvalue weighted by Gasteiger charge is -2.19. The smallest absolute Gasteiger partial charge is 0.0453 e. The van der Waals surface area contributed by atoms with Gasteiger partial charge in [-0.3, -0.25) is 0 Å². The van der Waals surface area contributed by atoms with E-state index in [0.717, 1.165) is 34.5 Å². The van der Waals surface area contributed by atoms with Crippen LogP contribution in [-0.2, 0) is 6.42 Å². The van der Waals surface area contributed by atoms with Crippen LogP contribution in [0.3, 0.4) is 0 Å². The fourth-order valence-electron chi connectivity index (χ4n) is 2.38. The molecule has 1 unspecified atom stereocenters. The van der Waals surface area contributed by atoms with Crippen LogP contribution < -0.4 is 5.32 Å². The molecule has 0 aromatic heterocycles. The third kappa shape index (κ3) is 4.15. The van der Waals surface area contributed by atoms with Crippen molar-refractivity contribution in [1.29, 1.82) is 0 Å². The van der Waals surface area contributed by atoms with E-state index in [2.05, 4.69) is 12.2 Å². The highest BCUT2D eigenvalue weighted by molar-refractivity contribution is 6.35. The molecule has 1 atom stereocenters. The van der Waals surface area contributed by atoms with Gasteiger partial charge in [0.25, 0.3) is 0 Å². The van der Waals surface area contributed by atoms with Crippen LogP contribution in [0.25, 0.3) is 0 Å². The summed E-state index contributed by atoms with van der Waals surface area (Å²) >= 11 is 12.5. The first-order valence-electron chi connectivity index (χ1n) is 6.87. The minimum absolute atomic E-state index is 0.494. The van der Waals surface area contributed by atoms with Crippen molar-refractivity contribution in [1.82, 2.24) is 5.32 Å². The topological polar surface area (TPSA) is 12.0 Å². The quantitative estimate of drug-likeness (QED) is 0.765. The summed E-state index contributed by atoms with van der Waals surface area (Å²) in [4.78, 5) is 0. The Morgan fingerprint density at radius 1 is 1.28 bits per heavy atom. The summed E-state index contributed by atoms with van der Waals surface area (Å²) in [5.74, 6) is 0.980. The average molecular weight is 286 g/mol. The van der Waals surface area contributed by atoms with E-state index in [1.165, 1.54) is 25.7 Å². The largest absolute Gasteiger partial charge is 0.314 e. The summed E-state index contributed by atoms with van der Waals surface area (Å²) in [5, 5.41) is 5.13. The van der Waals surface area contributed by atoms with Gasteiger partial charge in [0.05, 0.1) is 0 Å². The third-order valence-corrected chi connectivity index (χ3v) is 4.33. The first-order valence-corrected chi connectivity index (χ1v) is 7.62. The Kier molecular flexibility index (Phi) is 5.35. The van der Waals surface area contributed by atoms with Crippen molar-refractivity contribution in [3.05, 3.63) is 33.8 Å². The fraction of sp³-hybridized carbons (Fsp3) is 0.600. The highest BCUT2D eigenvalue weighted by atomic mass is 35.5. The van der Waals surface area contributed by atoms with Crippen molar-refractivity contribution in [2.75, 3.05) is 6.54 Å². The molecule has 0 aliphatic heterocycles. The number of nitrogens with one attached hydrogen (secondary N) is 1. The molecule has 0 saturated heterocycles. The summed E-state index contributed by atoms with van der Waals surface area (Å²) in [5.41, 5.74) is 1.09. The summed E-state index contributed by atoms with van der Waals surface area (Å²) < 4.78 is 0. The number of hydrogen-bond acceptors (Lipinski definition) is 1. The molecule has 1 nitrogen and oxygen atoms in total. The summed E-state index contributed by atoms with van der Waals surface area (Å²) in [7, 11) is 0. The van der Waals surface area contributed by atoms with E-state index in [1.54, 1.807) is 0 Å². The average Bonchev–Trinajstić information content (AvgIpc) is 3.15. The Balaban J connectivity index is 1.97. The number of halogens is 2. The van der Waals surface area contributed by atoms with E-state index >= 15 is 0 Å². The summed E-state index contributed by atoms with van der Waals surface area (Å²) in [6.45, 7) is 3.15. The maximum atomic E-state index is 6.24. The molecule has 1 aliphatic rings. The molecule has 0 heterocycles. The maximum absolute atomic E-state index is 6.24. The van der Waals surface area contributed by atoms with E-state index in [-0.39, 0.29) is 0 Å².